The van der Waals surface area contributed by atoms with Crippen LogP contribution in [0.25, 0.3) is 0 Å². The van der Waals surface area contributed by atoms with Crippen LogP contribution in [0.4, 0.5) is 0 Å². The van der Waals surface area contributed by atoms with Gasteiger partial charge < -0.3 is 4.42 Å². The Hall–Kier alpha value is -1.33. The number of nitrogens with zero attached hydrogens (tertiary/aromatic N) is 1. The van der Waals surface area contributed by atoms with Gasteiger partial charge in [0.25, 0.3) is 0 Å². The number of amides is 1. The van der Waals surface area contributed by atoms with Crippen LogP contribution in [-0.2, 0) is 11.3 Å². The van der Waals surface area contributed by atoms with Crippen molar-refractivity contribution in [1.82, 2.24) is 10.3 Å². The van der Waals surface area contributed by atoms with Crippen molar-refractivity contribution < 1.29 is 9.21 Å². The lowest BCUT2D eigenvalue weighted by Gasteiger charge is -2.23. The Morgan fingerprint density at radius 1 is 1.69 bits per heavy atom. The van der Waals surface area contributed by atoms with Crippen LogP contribution in [0.2, 0.25) is 0 Å². The maximum Gasteiger partial charge on any atom is 0.235 e. The number of nitrogens with one attached hydrogen (secondary N) is 1. The first-order valence-corrected chi connectivity index (χ1v) is 5.27. The number of carbonyl (C=O) groups excluding carboxylic acids is 1. The molecule has 1 aromatic rings. The molecule has 0 fully saturated rings. The molecular formula is C11H19N3O2. The maximum absolute atomic E-state index is 11.1. The van der Waals surface area contributed by atoms with Gasteiger partial charge in [-0.2, -0.15) is 0 Å². The minimum absolute atomic E-state index is 0.137. The molecule has 0 spiro atoms. The molecule has 5 nitrogen and oxygen atoms in total. The van der Waals surface area contributed by atoms with Crippen molar-refractivity contribution in [3.05, 3.63) is 23.7 Å². The molecule has 1 heterocycles. The maximum atomic E-state index is 11.1. The van der Waals surface area contributed by atoms with Crippen LogP contribution >= 0.6 is 0 Å². The van der Waals surface area contributed by atoms with E-state index >= 15 is 0 Å². The van der Waals surface area contributed by atoms with Gasteiger partial charge in [0.2, 0.25) is 5.91 Å². The van der Waals surface area contributed by atoms with Crippen LogP contribution in [-0.4, -0.2) is 23.9 Å². The fraction of sp³-hybridized carbons (Fsp3) is 0.545. The first kappa shape index (κ1) is 12.7. The summed E-state index contributed by atoms with van der Waals surface area (Å²) in [7, 11) is 1.97. The smallest absolute Gasteiger partial charge is 0.235 e. The van der Waals surface area contributed by atoms with Crippen LogP contribution in [0, 0.1) is 6.92 Å². The number of hydrogen-bond acceptors (Lipinski definition) is 4. The van der Waals surface area contributed by atoms with E-state index in [2.05, 4.69) is 10.3 Å². The third-order valence-corrected chi connectivity index (χ3v) is 2.78. The zero-order valence-corrected chi connectivity index (χ0v) is 9.99. The van der Waals surface area contributed by atoms with Crippen LogP contribution in [0.15, 0.2) is 16.7 Å². The lowest BCUT2D eigenvalue weighted by atomic mass is 10.1. The highest BCUT2D eigenvalue weighted by Gasteiger charge is 2.14. The van der Waals surface area contributed by atoms with Crippen molar-refractivity contribution in [3.63, 3.8) is 0 Å². The van der Waals surface area contributed by atoms with E-state index < -0.39 is 0 Å². The first-order chi connectivity index (χ1) is 7.54. The van der Waals surface area contributed by atoms with E-state index in [0.29, 0.717) is 6.42 Å². The molecule has 0 saturated heterocycles. The molecule has 1 rings (SSSR count). The van der Waals surface area contributed by atoms with Crippen molar-refractivity contribution >= 4 is 5.91 Å². The second-order valence-corrected chi connectivity index (χ2v) is 4.04. The van der Waals surface area contributed by atoms with Crippen molar-refractivity contribution in [2.45, 2.75) is 32.9 Å². The van der Waals surface area contributed by atoms with Crippen molar-refractivity contribution in [1.29, 1.82) is 0 Å². The topological polar surface area (TPSA) is 71.5 Å². The molecule has 1 amide bonds. The van der Waals surface area contributed by atoms with Crippen molar-refractivity contribution in [2.24, 2.45) is 5.84 Å². The van der Waals surface area contributed by atoms with E-state index in [1.807, 2.05) is 27.0 Å². The highest BCUT2D eigenvalue weighted by molar-refractivity contribution is 5.75. The SMILES string of the molecule is Cc1occc1CN(C)C(C)CC(=O)NN. The summed E-state index contributed by atoms with van der Waals surface area (Å²) in [5.74, 6) is 5.82. The standard InChI is InChI=1S/C11H19N3O2/c1-8(6-11(15)13-12)14(3)7-10-4-5-16-9(10)2/h4-5,8H,6-7,12H2,1-3H3,(H,13,15). The second kappa shape index (κ2) is 5.67. The minimum Gasteiger partial charge on any atom is -0.469 e. The van der Waals surface area contributed by atoms with E-state index in [1.165, 1.54) is 0 Å². The van der Waals surface area contributed by atoms with Gasteiger partial charge in [-0.1, -0.05) is 0 Å². The molecule has 1 atom stereocenters. The van der Waals surface area contributed by atoms with Gasteiger partial charge >= 0.3 is 0 Å². The minimum atomic E-state index is -0.150. The van der Waals surface area contributed by atoms with E-state index in [4.69, 9.17) is 10.3 Å². The molecule has 0 aliphatic rings. The Kier molecular flexibility index (Phi) is 4.52. The van der Waals surface area contributed by atoms with Gasteiger partial charge in [-0.15, -0.1) is 0 Å². The zero-order chi connectivity index (χ0) is 12.1. The molecule has 1 aromatic heterocycles. The summed E-state index contributed by atoms with van der Waals surface area (Å²) in [6.45, 7) is 4.69. The molecule has 90 valence electrons. The molecule has 5 heteroatoms. The Morgan fingerprint density at radius 2 is 2.38 bits per heavy atom. The van der Waals surface area contributed by atoms with E-state index in [0.717, 1.165) is 17.9 Å². The van der Waals surface area contributed by atoms with Crippen LogP contribution in [0.5, 0.6) is 0 Å². The molecule has 3 N–H and O–H groups in total. The monoisotopic (exact) mass is 225 g/mol. The summed E-state index contributed by atoms with van der Waals surface area (Å²) >= 11 is 0. The Bertz CT molecular complexity index is 349. The molecule has 0 aliphatic carbocycles. The molecule has 0 aromatic carbocycles. The summed E-state index contributed by atoms with van der Waals surface area (Å²) in [5.41, 5.74) is 3.28. The number of rotatable bonds is 5. The summed E-state index contributed by atoms with van der Waals surface area (Å²) in [4.78, 5) is 13.2. The highest BCUT2D eigenvalue weighted by Crippen LogP contribution is 2.13. The summed E-state index contributed by atoms with van der Waals surface area (Å²) < 4.78 is 5.22. The lowest BCUT2D eigenvalue weighted by Crippen LogP contribution is -2.37. The van der Waals surface area contributed by atoms with Crippen LogP contribution in [0.1, 0.15) is 24.7 Å². The third-order valence-electron chi connectivity index (χ3n) is 2.78. The zero-order valence-electron chi connectivity index (χ0n) is 9.99. The Labute approximate surface area is 95.6 Å². The van der Waals surface area contributed by atoms with Crippen LogP contribution in [0.3, 0.4) is 0 Å². The van der Waals surface area contributed by atoms with Gasteiger partial charge in [0, 0.05) is 24.6 Å². The predicted octanol–water partition coefficient (Wildman–Crippen LogP) is 0.788. The van der Waals surface area contributed by atoms with Gasteiger partial charge in [-0.25, -0.2) is 5.84 Å². The number of carbonyl (C=O) groups is 1. The Morgan fingerprint density at radius 3 is 2.88 bits per heavy atom. The number of nitrogens with two attached hydrogens (primary N) is 1. The molecule has 1 unspecified atom stereocenters. The fourth-order valence-corrected chi connectivity index (χ4v) is 1.48. The first-order valence-electron chi connectivity index (χ1n) is 5.27. The second-order valence-electron chi connectivity index (χ2n) is 4.04. The third kappa shape index (κ3) is 3.36. The highest BCUT2D eigenvalue weighted by atomic mass is 16.3. The van der Waals surface area contributed by atoms with E-state index in [1.54, 1.807) is 6.26 Å². The number of furan rings is 1. The van der Waals surface area contributed by atoms with Crippen LogP contribution < -0.4 is 11.3 Å². The normalized spacial score (nSPS) is 12.8. The molecule has 16 heavy (non-hydrogen) atoms. The number of hydrazine groups is 1. The van der Waals surface area contributed by atoms with Gasteiger partial charge in [0.15, 0.2) is 0 Å². The summed E-state index contributed by atoms with van der Waals surface area (Å²) in [5, 5.41) is 0. The van der Waals surface area contributed by atoms with Crippen molar-refractivity contribution in [2.75, 3.05) is 7.05 Å². The molecular weight excluding hydrogens is 206 g/mol. The van der Waals surface area contributed by atoms with E-state index in [9.17, 15) is 4.79 Å². The van der Waals surface area contributed by atoms with E-state index in [-0.39, 0.29) is 11.9 Å². The molecule has 0 radical (unpaired) electrons. The fourth-order valence-electron chi connectivity index (χ4n) is 1.48. The Balaban J connectivity index is 2.49. The summed E-state index contributed by atoms with van der Waals surface area (Å²) in [6.07, 6.45) is 2.07. The van der Waals surface area contributed by atoms with Crippen molar-refractivity contribution in [3.8, 4) is 0 Å². The largest absolute Gasteiger partial charge is 0.469 e. The number of hydrogen-bond donors (Lipinski definition) is 2. The average molecular weight is 225 g/mol. The molecule has 0 saturated carbocycles. The van der Waals surface area contributed by atoms with Gasteiger partial charge in [0.1, 0.15) is 5.76 Å². The number of aryl methyl sites for hydroxylation is 1. The summed E-state index contributed by atoms with van der Waals surface area (Å²) in [6, 6.07) is 2.08. The quantitative estimate of drug-likeness (QED) is 0.441. The lowest BCUT2D eigenvalue weighted by molar-refractivity contribution is -0.122. The molecule has 0 aliphatic heterocycles. The predicted molar refractivity (Wildman–Crippen MR) is 61.3 cm³/mol. The van der Waals surface area contributed by atoms with Gasteiger partial charge in [-0.3, -0.25) is 15.1 Å². The average Bonchev–Trinajstić information content (AvgIpc) is 2.64. The van der Waals surface area contributed by atoms with Gasteiger partial charge in [-0.05, 0) is 27.0 Å². The van der Waals surface area contributed by atoms with Gasteiger partial charge in [0.05, 0.1) is 6.26 Å². The molecule has 0 bridgehead atoms.